The summed E-state index contributed by atoms with van der Waals surface area (Å²) in [6.45, 7) is -0.178. The van der Waals surface area contributed by atoms with Crippen molar-refractivity contribution in [3.05, 3.63) is 16.2 Å². The molecular formula is C10H17N3O6S2. The number of rotatable bonds is 8. The van der Waals surface area contributed by atoms with Crippen LogP contribution in [0.4, 0.5) is 10.7 Å². The van der Waals surface area contributed by atoms with E-state index >= 15 is 0 Å². The van der Waals surface area contributed by atoms with E-state index in [1.54, 1.807) is 0 Å². The van der Waals surface area contributed by atoms with Gasteiger partial charge in [-0.3, -0.25) is 10.1 Å². The van der Waals surface area contributed by atoms with Crippen LogP contribution in [0.1, 0.15) is 0 Å². The minimum Gasteiger partial charge on any atom is -0.389 e. The molecule has 0 saturated carbocycles. The van der Waals surface area contributed by atoms with Gasteiger partial charge in [-0.2, -0.15) is 4.31 Å². The number of nitrogens with one attached hydrogen (secondary N) is 1. The molecule has 1 heterocycles. The van der Waals surface area contributed by atoms with Crippen molar-refractivity contribution in [3.8, 4) is 0 Å². The second-order valence-corrected chi connectivity index (χ2v) is 7.51. The molecule has 1 aromatic heterocycles. The first kappa shape index (κ1) is 17.8. The Labute approximate surface area is 126 Å². The van der Waals surface area contributed by atoms with Crippen LogP contribution in [-0.2, 0) is 14.8 Å². The quantitative estimate of drug-likeness (QED) is 0.517. The van der Waals surface area contributed by atoms with E-state index in [1.807, 2.05) is 0 Å². The Morgan fingerprint density at radius 2 is 2.24 bits per heavy atom. The lowest BCUT2D eigenvalue weighted by Gasteiger charge is -2.19. The van der Waals surface area contributed by atoms with Crippen molar-refractivity contribution in [3.63, 3.8) is 0 Å². The molecule has 0 bridgehead atoms. The molecule has 120 valence electrons. The Bertz CT molecular complexity index is 600. The third-order valence-corrected chi connectivity index (χ3v) is 6.02. The van der Waals surface area contributed by atoms with Gasteiger partial charge in [-0.25, -0.2) is 8.42 Å². The number of ether oxygens (including phenoxy) is 1. The van der Waals surface area contributed by atoms with Gasteiger partial charge < -0.3 is 15.2 Å². The summed E-state index contributed by atoms with van der Waals surface area (Å²) in [5, 5.41) is 23.2. The maximum absolute atomic E-state index is 12.3. The molecule has 21 heavy (non-hydrogen) atoms. The summed E-state index contributed by atoms with van der Waals surface area (Å²) < 4.78 is 30.1. The van der Waals surface area contributed by atoms with Crippen LogP contribution in [0.2, 0.25) is 0 Å². The second kappa shape index (κ2) is 7.13. The highest BCUT2D eigenvalue weighted by molar-refractivity contribution is 7.91. The fourth-order valence-electron chi connectivity index (χ4n) is 1.59. The number of likely N-dealkylation sites (N-methyl/N-ethyl adjacent to an activating group) is 1. The lowest BCUT2D eigenvalue weighted by atomic mass is 10.4. The molecule has 11 heteroatoms. The summed E-state index contributed by atoms with van der Waals surface area (Å²) in [5.74, 6) is 0. The number of nitrogens with zero attached hydrogens (tertiary/aromatic N) is 2. The number of anilines is 1. The van der Waals surface area contributed by atoms with Crippen molar-refractivity contribution in [1.29, 1.82) is 0 Å². The molecular weight excluding hydrogens is 322 g/mol. The molecule has 0 saturated heterocycles. The molecule has 2 N–H and O–H groups in total. The fourth-order valence-corrected chi connectivity index (χ4v) is 4.30. The van der Waals surface area contributed by atoms with Gasteiger partial charge in [0.2, 0.25) is 0 Å². The van der Waals surface area contributed by atoms with Crippen molar-refractivity contribution in [2.75, 3.05) is 39.7 Å². The van der Waals surface area contributed by atoms with Gasteiger partial charge in [0.1, 0.15) is 4.21 Å². The largest absolute Gasteiger partial charge is 0.389 e. The third-order valence-electron chi connectivity index (χ3n) is 2.61. The Balaban J connectivity index is 3.05. The monoisotopic (exact) mass is 339 g/mol. The van der Waals surface area contributed by atoms with Crippen LogP contribution >= 0.6 is 11.3 Å². The van der Waals surface area contributed by atoms with E-state index in [1.165, 1.54) is 21.2 Å². The summed E-state index contributed by atoms with van der Waals surface area (Å²) in [6.07, 6.45) is -0.978. The summed E-state index contributed by atoms with van der Waals surface area (Å²) in [7, 11) is 0.247. The summed E-state index contributed by atoms with van der Waals surface area (Å²) in [5.41, 5.74) is -0.299. The Hall–Kier alpha value is -1.27. The first-order valence-corrected chi connectivity index (χ1v) is 8.09. The Kier molecular flexibility index (Phi) is 6.04. The average molecular weight is 339 g/mol. The van der Waals surface area contributed by atoms with Gasteiger partial charge in [0.05, 0.1) is 17.6 Å². The number of aliphatic hydroxyl groups is 1. The highest BCUT2D eigenvalue weighted by Crippen LogP contribution is 2.37. The zero-order valence-electron chi connectivity index (χ0n) is 11.8. The van der Waals surface area contributed by atoms with Gasteiger partial charge in [-0.05, 0) is 0 Å². The molecule has 0 aliphatic carbocycles. The lowest BCUT2D eigenvalue weighted by molar-refractivity contribution is -0.383. The molecule has 9 nitrogen and oxygen atoms in total. The van der Waals surface area contributed by atoms with E-state index in [0.29, 0.717) is 0 Å². The van der Waals surface area contributed by atoms with Crippen molar-refractivity contribution in [2.45, 2.75) is 10.3 Å². The van der Waals surface area contributed by atoms with Crippen LogP contribution in [0.3, 0.4) is 0 Å². The Morgan fingerprint density at radius 3 is 2.67 bits per heavy atom. The minimum atomic E-state index is -3.91. The molecule has 1 unspecified atom stereocenters. The van der Waals surface area contributed by atoms with Gasteiger partial charge in [-0.15, -0.1) is 0 Å². The summed E-state index contributed by atoms with van der Waals surface area (Å²) in [4.78, 5) is 10.2. The molecule has 0 aliphatic rings. The predicted molar refractivity (Wildman–Crippen MR) is 78.2 cm³/mol. The highest BCUT2D eigenvalue weighted by atomic mass is 32.2. The fraction of sp³-hybridized carbons (Fsp3) is 0.600. The first-order chi connectivity index (χ1) is 9.73. The summed E-state index contributed by atoms with van der Waals surface area (Å²) in [6, 6.07) is 1.00. The average Bonchev–Trinajstić information content (AvgIpc) is 2.83. The maximum atomic E-state index is 12.3. The Morgan fingerprint density at radius 1 is 1.62 bits per heavy atom. The molecule has 0 fully saturated rings. The van der Waals surface area contributed by atoms with Crippen molar-refractivity contribution in [2.24, 2.45) is 0 Å². The molecule has 1 rings (SSSR count). The number of hydrogen-bond donors (Lipinski definition) is 2. The molecule has 0 amide bonds. The minimum absolute atomic E-state index is 0.00772. The molecule has 0 aromatic carbocycles. The van der Waals surface area contributed by atoms with Gasteiger partial charge in [0.25, 0.3) is 10.0 Å². The number of hydrogen-bond acceptors (Lipinski definition) is 8. The van der Waals surface area contributed by atoms with Gasteiger partial charge in [-0.1, -0.05) is 11.3 Å². The first-order valence-electron chi connectivity index (χ1n) is 5.83. The second-order valence-electron chi connectivity index (χ2n) is 4.18. The van der Waals surface area contributed by atoms with Gasteiger partial charge >= 0.3 is 5.69 Å². The zero-order valence-corrected chi connectivity index (χ0v) is 13.4. The SMILES string of the molecule is CNc1sc(S(=O)(=O)N(C)CC(O)COC)cc1[N+](=O)[O-]. The van der Waals surface area contributed by atoms with Crippen LogP contribution in [0, 0.1) is 10.1 Å². The van der Waals surface area contributed by atoms with Crippen molar-refractivity contribution >= 4 is 32.0 Å². The third kappa shape index (κ3) is 4.11. The van der Waals surface area contributed by atoms with E-state index < -0.39 is 21.1 Å². The van der Waals surface area contributed by atoms with Crippen LogP contribution in [-0.4, -0.2) is 63.2 Å². The molecule has 1 atom stereocenters. The topological polar surface area (TPSA) is 122 Å². The van der Waals surface area contributed by atoms with Crippen LogP contribution in [0.15, 0.2) is 10.3 Å². The van der Waals surface area contributed by atoms with E-state index in [-0.39, 0.29) is 28.0 Å². The van der Waals surface area contributed by atoms with Crippen LogP contribution in [0.5, 0.6) is 0 Å². The zero-order chi connectivity index (χ0) is 16.2. The standard InChI is InChI=1S/C10H17N3O6S2/c1-11-10-8(13(15)16)4-9(20-10)21(17,18)12(2)5-7(14)6-19-3/h4,7,11,14H,5-6H2,1-3H3. The number of sulfonamides is 1. The van der Waals surface area contributed by atoms with E-state index in [2.05, 4.69) is 5.32 Å². The smallest absolute Gasteiger partial charge is 0.304 e. The molecule has 0 radical (unpaired) electrons. The van der Waals surface area contributed by atoms with Crippen molar-refractivity contribution in [1.82, 2.24) is 4.31 Å². The maximum Gasteiger partial charge on any atom is 0.304 e. The number of nitro groups is 1. The lowest BCUT2D eigenvalue weighted by Crippen LogP contribution is -2.35. The number of methoxy groups -OCH3 is 1. The molecule has 0 spiro atoms. The molecule has 1 aromatic rings. The van der Waals surface area contributed by atoms with E-state index in [9.17, 15) is 23.6 Å². The van der Waals surface area contributed by atoms with Crippen LogP contribution in [0.25, 0.3) is 0 Å². The normalized spacial score (nSPS) is 13.4. The summed E-state index contributed by atoms with van der Waals surface area (Å²) >= 11 is 0.768. The van der Waals surface area contributed by atoms with Gasteiger partial charge in [0, 0.05) is 33.8 Å². The van der Waals surface area contributed by atoms with E-state index in [0.717, 1.165) is 21.7 Å². The van der Waals surface area contributed by atoms with E-state index in [4.69, 9.17) is 4.74 Å². The van der Waals surface area contributed by atoms with Crippen LogP contribution < -0.4 is 5.32 Å². The predicted octanol–water partition coefficient (Wildman–Crippen LogP) is 0.326. The highest BCUT2D eigenvalue weighted by Gasteiger charge is 2.29. The van der Waals surface area contributed by atoms with Crippen molar-refractivity contribution < 1.29 is 23.2 Å². The number of thiophene rings is 1. The molecule has 0 aliphatic heterocycles. The van der Waals surface area contributed by atoms with Gasteiger partial charge in [0.15, 0.2) is 5.00 Å². The number of aliphatic hydroxyl groups excluding tert-OH is 1.